The zero-order chi connectivity index (χ0) is 30.1. The number of nitrogens with zero attached hydrogens (tertiary/aromatic N) is 3. The molecule has 43 heavy (non-hydrogen) atoms. The number of hydrogen-bond acceptors (Lipinski definition) is 6. The maximum absolute atomic E-state index is 14.2. The smallest absolute Gasteiger partial charge is 0.267 e. The van der Waals surface area contributed by atoms with E-state index in [0.29, 0.717) is 22.4 Å². The number of carbonyl (C=O) groups excluding carboxylic acids is 1. The Hall–Kier alpha value is -5.58. The normalized spacial score (nSPS) is 12.0. The Bertz CT molecular complexity index is 2020. The number of aromatic amines is 1. The highest BCUT2D eigenvalue weighted by molar-refractivity contribution is 5.89. The number of rotatable bonds is 8. The molecule has 0 aliphatic carbocycles. The lowest BCUT2D eigenvalue weighted by atomic mass is 10.0. The number of hydrogen-bond donors (Lipinski definition) is 3. The summed E-state index contributed by atoms with van der Waals surface area (Å²) in [5, 5.41) is 13.8. The SMILES string of the molecule is COc1ccc(-n2c(C(Cc3cc(F)cc(F)c3)NC(=O)Cc3c[nH]c4ccc(O)cc34)nc3ncccc3c2=O)cc1. The third-order valence-electron chi connectivity index (χ3n) is 7.11. The van der Waals surface area contributed by atoms with E-state index in [-0.39, 0.29) is 41.0 Å². The van der Waals surface area contributed by atoms with Crippen molar-refractivity contribution in [1.82, 2.24) is 24.8 Å². The summed E-state index contributed by atoms with van der Waals surface area (Å²) >= 11 is 0. The van der Waals surface area contributed by atoms with Crippen LogP contribution in [-0.4, -0.2) is 37.6 Å². The molecular weight excluding hydrogens is 556 g/mol. The first-order valence-corrected chi connectivity index (χ1v) is 13.3. The van der Waals surface area contributed by atoms with Crippen LogP contribution >= 0.6 is 0 Å². The molecule has 0 aliphatic heterocycles. The van der Waals surface area contributed by atoms with Crippen LogP contribution in [0.1, 0.15) is 23.0 Å². The van der Waals surface area contributed by atoms with Crippen molar-refractivity contribution in [3.8, 4) is 17.2 Å². The van der Waals surface area contributed by atoms with E-state index in [4.69, 9.17) is 4.74 Å². The van der Waals surface area contributed by atoms with Gasteiger partial charge >= 0.3 is 0 Å². The number of nitrogens with one attached hydrogen (secondary N) is 2. The number of aromatic nitrogens is 4. The summed E-state index contributed by atoms with van der Waals surface area (Å²) in [7, 11) is 1.52. The van der Waals surface area contributed by atoms with E-state index in [1.165, 1.54) is 36.1 Å². The van der Waals surface area contributed by atoms with Gasteiger partial charge in [0.25, 0.3) is 5.56 Å². The number of amides is 1. The lowest BCUT2D eigenvalue weighted by molar-refractivity contribution is -0.121. The van der Waals surface area contributed by atoms with E-state index in [1.807, 2.05) is 0 Å². The Morgan fingerprint density at radius 3 is 2.56 bits per heavy atom. The summed E-state index contributed by atoms with van der Waals surface area (Å²) in [6, 6.07) is 16.8. The van der Waals surface area contributed by atoms with Crippen LogP contribution in [0.3, 0.4) is 0 Å². The van der Waals surface area contributed by atoms with Gasteiger partial charge in [0.2, 0.25) is 5.91 Å². The third kappa shape index (κ3) is 5.65. The van der Waals surface area contributed by atoms with E-state index in [2.05, 4.69) is 20.3 Å². The van der Waals surface area contributed by atoms with Gasteiger partial charge in [-0.15, -0.1) is 0 Å². The second-order valence-corrected chi connectivity index (χ2v) is 10.0. The Morgan fingerprint density at radius 1 is 1.05 bits per heavy atom. The maximum Gasteiger partial charge on any atom is 0.267 e. The number of ether oxygens (including phenoxy) is 1. The molecule has 6 aromatic rings. The van der Waals surface area contributed by atoms with Crippen molar-refractivity contribution in [3.05, 3.63) is 124 Å². The predicted octanol–water partition coefficient (Wildman–Crippen LogP) is 4.90. The number of benzene rings is 3. The van der Waals surface area contributed by atoms with Crippen LogP contribution in [0.25, 0.3) is 27.6 Å². The average molecular weight is 582 g/mol. The first kappa shape index (κ1) is 27.6. The molecule has 0 aliphatic rings. The monoisotopic (exact) mass is 581 g/mol. The molecule has 3 heterocycles. The number of phenolic OH excluding ortho intramolecular Hbond substituents is 1. The molecule has 1 unspecified atom stereocenters. The summed E-state index contributed by atoms with van der Waals surface area (Å²) in [5.74, 6) is -1.26. The van der Waals surface area contributed by atoms with E-state index < -0.39 is 29.1 Å². The van der Waals surface area contributed by atoms with Crippen LogP contribution in [0.4, 0.5) is 8.78 Å². The zero-order valence-electron chi connectivity index (χ0n) is 22.8. The first-order valence-electron chi connectivity index (χ1n) is 13.3. The van der Waals surface area contributed by atoms with Crippen LogP contribution in [-0.2, 0) is 17.6 Å². The van der Waals surface area contributed by atoms with Gasteiger partial charge in [0, 0.05) is 35.8 Å². The quantitative estimate of drug-likeness (QED) is 0.235. The largest absolute Gasteiger partial charge is 0.508 e. The van der Waals surface area contributed by atoms with Crippen molar-refractivity contribution in [2.75, 3.05) is 7.11 Å². The van der Waals surface area contributed by atoms with Gasteiger partial charge in [-0.3, -0.25) is 14.2 Å². The van der Waals surface area contributed by atoms with Gasteiger partial charge in [0.05, 0.1) is 30.6 Å². The van der Waals surface area contributed by atoms with E-state index in [1.54, 1.807) is 54.7 Å². The third-order valence-corrected chi connectivity index (χ3v) is 7.11. The lowest BCUT2D eigenvalue weighted by Crippen LogP contribution is -2.36. The Kier molecular flexibility index (Phi) is 7.29. The molecule has 216 valence electrons. The zero-order valence-corrected chi connectivity index (χ0v) is 22.8. The number of aromatic hydroxyl groups is 1. The summed E-state index contributed by atoms with van der Waals surface area (Å²) < 4.78 is 35.1. The minimum atomic E-state index is -1.01. The molecule has 0 saturated carbocycles. The minimum Gasteiger partial charge on any atom is -0.508 e. The van der Waals surface area contributed by atoms with Gasteiger partial charge in [-0.25, -0.2) is 18.7 Å². The first-order chi connectivity index (χ1) is 20.8. The highest BCUT2D eigenvalue weighted by Gasteiger charge is 2.25. The summed E-state index contributed by atoms with van der Waals surface area (Å²) in [6.07, 6.45) is 3.00. The van der Waals surface area contributed by atoms with Crippen molar-refractivity contribution in [1.29, 1.82) is 0 Å². The molecule has 6 rings (SSSR count). The highest BCUT2D eigenvalue weighted by atomic mass is 19.1. The number of methoxy groups -OCH3 is 1. The van der Waals surface area contributed by atoms with Gasteiger partial charge in [0.15, 0.2) is 5.65 Å². The molecule has 0 spiro atoms. The van der Waals surface area contributed by atoms with Crippen LogP contribution in [0, 0.1) is 11.6 Å². The van der Waals surface area contributed by atoms with Gasteiger partial charge in [-0.2, -0.15) is 0 Å². The Morgan fingerprint density at radius 2 is 1.81 bits per heavy atom. The molecule has 1 atom stereocenters. The molecule has 3 aromatic heterocycles. The average Bonchev–Trinajstić information content (AvgIpc) is 3.37. The summed E-state index contributed by atoms with van der Waals surface area (Å²) in [4.78, 5) is 39.4. The number of carbonyl (C=O) groups is 1. The molecular formula is C32H25F2N5O4. The lowest BCUT2D eigenvalue weighted by Gasteiger charge is -2.23. The van der Waals surface area contributed by atoms with Crippen LogP contribution < -0.4 is 15.6 Å². The van der Waals surface area contributed by atoms with Gasteiger partial charge in [-0.1, -0.05) is 0 Å². The molecule has 3 N–H and O–H groups in total. The fourth-order valence-electron chi connectivity index (χ4n) is 5.15. The van der Waals surface area contributed by atoms with E-state index in [0.717, 1.165) is 11.6 Å². The van der Waals surface area contributed by atoms with Gasteiger partial charge in [0.1, 0.15) is 29.0 Å². The molecule has 0 bridgehead atoms. The maximum atomic E-state index is 14.2. The number of fused-ring (bicyclic) bond motifs is 2. The fraction of sp³-hybridized carbons (Fsp3) is 0.125. The minimum absolute atomic E-state index is 0.0520. The predicted molar refractivity (Wildman–Crippen MR) is 156 cm³/mol. The molecule has 11 heteroatoms. The molecule has 9 nitrogen and oxygen atoms in total. The number of halogens is 2. The van der Waals surface area contributed by atoms with Gasteiger partial charge in [-0.05, 0) is 77.9 Å². The van der Waals surface area contributed by atoms with E-state index in [9.17, 15) is 23.5 Å². The number of H-pyrrole nitrogens is 1. The van der Waals surface area contributed by atoms with Crippen molar-refractivity contribution < 1.29 is 23.4 Å². The molecule has 0 fully saturated rings. The molecule has 1 amide bonds. The second-order valence-electron chi connectivity index (χ2n) is 10.0. The number of phenols is 1. The topological polar surface area (TPSA) is 122 Å². The number of pyridine rings is 1. The molecule has 3 aromatic carbocycles. The molecule has 0 radical (unpaired) electrons. The summed E-state index contributed by atoms with van der Waals surface area (Å²) in [5.41, 5.74) is 1.77. The summed E-state index contributed by atoms with van der Waals surface area (Å²) in [6.45, 7) is 0. The van der Waals surface area contributed by atoms with Crippen LogP contribution in [0.2, 0.25) is 0 Å². The van der Waals surface area contributed by atoms with Crippen LogP contribution in [0.15, 0.2) is 90.0 Å². The Balaban J connectivity index is 1.47. The van der Waals surface area contributed by atoms with Gasteiger partial charge < -0.3 is 20.1 Å². The van der Waals surface area contributed by atoms with Crippen LogP contribution in [0.5, 0.6) is 11.5 Å². The highest BCUT2D eigenvalue weighted by Crippen LogP contribution is 2.26. The Labute approximate surface area is 243 Å². The van der Waals surface area contributed by atoms with Crippen molar-refractivity contribution in [2.24, 2.45) is 0 Å². The fourth-order valence-corrected chi connectivity index (χ4v) is 5.15. The standard InChI is InChI=1S/C32H25F2N5O4/c1-43-24-7-4-22(5-8-24)39-31(38-30-25(32(39)42)3-2-10-35-30)28(13-18-11-20(33)15-21(34)12-18)37-29(41)14-19-17-36-27-9-6-23(40)16-26(19)27/h2-12,15-17,28,36,40H,13-14H2,1H3,(H,37,41). The van der Waals surface area contributed by atoms with Crippen molar-refractivity contribution in [2.45, 2.75) is 18.9 Å². The van der Waals surface area contributed by atoms with E-state index >= 15 is 0 Å². The second kappa shape index (κ2) is 11.4. The van der Waals surface area contributed by atoms with Crippen molar-refractivity contribution >= 4 is 27.8 Å². The van der Waals surface area contributed by atoms with Crippen molar-refractivity contribution in [3.63, 3.8) is 0 Å². The molecule has 0 saturated heterocycles.